The highest BCUT2D eigenvalue weighted by molar-refractivity contribution is 5.31. The van der Waals surface area contributed by atoms with E-state index in [0.29, 0.717) is 18.4 Å². The fourth-order valence-electron chi connectivity index (χ4n) is 0.932. The number of hydrogen-bond donors (Lipinski definition) is 1. The summed E-state index contributed by atoms with van der Waals surface area (Å²) < 4.78 is 5.46. The van der Waals surface area contributed by atoms with Crippen molar-refractivity contribution in [3.8, 4) is 5.88 Å². The van der Waals surface area contributed by atoms with Crippen molar-refractivity contribution in [2.75, 3.05) is 19.0 Å². The molecular weight excluding hydrogens is 178 g/mol. The van der Waals surface area contributed by atoms with Gasteiger partial charge in [0.15, 0.2) is 0 Å². The normalized spacial score (nSPS) is 9.57. The first kappa shape index (κ1) is 10.5. The third-order valence-corrected chi connectivity index (χ3v) is 1.71. The van der Waals surface area contributed by atoms with Gasteiger partial charge in [0.05, 0.1) is 6.61 Å². The highest BCUT2D eigenvalue weighted by atomic mass is 16.5. The van der Waals surface area contributed by atoms with Crippen molar-refractivity contribution in [2.45, 2.75) is 13.3 Å². The van der Waals surface area contributed by atoms with E-state index in [9.17, 15) is 0 Å². The molecule has 0 aromatic carbocycles. The predicted molar refractivity (Wildman–Crippen MR) is 56.6 cm³/mol. The Morgan fingerprint density at radius 2 is 2.43 bits per heavy atom. The lowest BCUT2D eigenvalue weighted by molar-refractivity contribution is 0.310. The number of nitrogens with one attached hydrogen (secondary N) is 1. The third-order valence-electron chi connectivity index (χ3n) is 1.71. The molecule has 4 heteroatoms. The first-order valence-corrected chi connectivity index (χ1v) is 4.53. The molecule has 0 spiro atoms. The molecule has 0 amide bonds. The Hall–Kier alpha value is -1.58. The van der Waals surface area contributed by atoms with Crippen molar-refractivity contribution in [1.29, 1.82) is 0 Å². The Morgan fingerprint density at radius 1 is 1.64 bits per heavy atom. The van der Waals surface area contributed by atoms with Crippen LogP contribution >= 0.6 is 0 Å². The molecule has 0 aliphatic carbocycles. The molecule has 1 aromatic rings. The molecule has 0 radical (unpaired) electrons. The van der Waals surface area contributed by atoms with Crippen LogP contribution in [0.4, 0.5) is 5.95 Å². The van der Waals surface area contributed by atoms with Gasteiger partial charge >= 0.3 is 0 Å². The molecular formula is C10H15N3O. The molecule has 76 valence electrons. The van der Waals surface area contributed by atoms with Gasteiger partial charge < -0.3 is 10.1 Å². The number of aryl methyl sites for hydroxylation is 1. The second kappa shape index (κ2) is 5.21. The van der Waals surface area contributed by atoms with Gasteiger partial charge in [0, 0.05) is 18.8 Å². The quantitative estimate of drug-likeness (QED) is 0.572. The van der Waals surface area contributed by atoms with Gasteiger partial charge in [-0.05, 0) is 13.3 Å². The smallest absolute Gasteiger partial charge is 0.225 e. The van der Waals surface area contributed by atoms with Gasteiger partial charge in [-0.2, -0.15) is 4.98 Å². The van der Waals surface area contributed by atoms with Crippen LogP contribution in [0.2, 0.25) is 0 Å². The maximum atomic E-state index is 5.46. The molecule has 0 atom stereocenters. The summed E-state index contributed by atoms with van der Waals surface area (Å²) in [6.45, 7) is 6.14. The van der Waals surface area contributed by atoms with Crippen LogP contribution in [0, 0.1) is 6.92 Å². The second-order valence-corrected chi connectivity index (χ2v) is 2.86. The van der Waals surface area contributed by atoms with Gasteiger partial charge in [0.2, 0.25) is 11.8 Å². The van der Waals surface area contributed by atoms with Crippen LogP contribution in [-0.4, -0.2) is 23.6 Å². The summed E-state index contributed by atoms with van der Waals surface area (Å²) in [7, 11) is 1.78. The van der Waals surface area contributed by atoms with Crippen LogP contribution in [0.25, 0.3) is 0 Å². The molecule has 1 N–H and O–H groups in total. The van der Waals surface area contributed by atoms with E-state index >= 15 is 0 Å². The number of rotatable bonds is 5. The number of aromatic nitrogens is 2. The molecule has 0 saturated carbocycles. The van der Waals surface area contributed by atoms with E-state index in [2.05, 4.69) is 21.9 Å². The lowest BCUT2D eigenvalue weighted by Gasteiger charge is -2.07. The molecule has 0 aliphatic rings. The van der Waals surface area contributed by atoms with Crippen molar-refractivity contribution >= 4 is 5.95 Å². The Bertz CT molecular complexity index is 312. The van der Waals surface area contributed by atoms with Crippen molar-refractivity contribution in [2.24, 2.45) is 0 Å². The molecule has 4 nitrogen and oxygen atoms in total. The third kappa shape index (κ3) is 2.73. The molecule has 0 fully saturated rings. The van der Waals surface area contributed by atoms with E-state index < -0.39 is 0 Å². The standard InChI is InChI=1S/C10H15N3O/c1-4-5-6-14-9-8(2)7-12-10(11-3)13-9/h4,7H,1,5-6H2,2-3H3,(H,11,12,13). The molecule has 1 aromatic heterocycles. The van der Waals surface area contributed by atoms with Crippen molar-refractivity contribution in [3.05, 3.63) is 24.4 Å². The first-order chi connectivity index (χ1) is 6.77. The average molecular weight is 193 g/mol. The molecule has 1 heterocycles. The molecule has 0 aliphatic heterocycles. The van der Waals surface area contributed by atoms with Gasteiger partial charge in [-0.3, -0.25) is 0 Å². The SMILES string of the molecule is C=CCCOc1nc(NC)ncc1C. The molecule has 14 heavy (non-hydrogen) atoms. The van der Waals surface area contributed by atoms with E-state index in [4.69, 9.17) is 4.74 Å². The Labute approximate surface area is 84.0 Å². The fourth-order valence-corrected chi connectivity index (χ4v) is 0.932. The summed E-state index contributed by atoms with van der Waals surface area (Å²) in [6, 6.07) is 0. The monoisotopic (exact) mass is 193 g/mol. The first-order valence-electron chi connectivity index (χ1n) is 4.53. The van der Waals surface area contributed by atoms with Gasteiger partial charge in [0.25, 0.3) is 0 Å². The lowest BCUT2D eigenvalue weighted by atomic mass is 10.4. The van der Waals surface area contributed by atoms with Crippen LogP contribution in [0.15, 0.2) is 18.9 Å². The minimum Gasteiger partial charge on any atom is -0.477 e. The van der Waals surface area contributed by atoms with Crippen LogP contribution in [0.5, 0.6) is 5.88 Å². The lowest BCUT2D eigenvalue weighted by Crippen LogP contribution is -2.03. The zero-order valence-corrected chi connectivity index (χ0v) is 8.58. The van der Waals surface area contributed by atoms with E-state index in [1.807, 2.05) is 13.0 Å². The summed E-state index contributed by atoms with van der Waals surface area (Å²) in [5.74, 6) is 1.20. The minimum atomic E-state index is 0.573. The summed E-state index contributed by atoms with van der Waals surface area (Å²) in [5.41, 5.74) is 0.938. The molecule has 0 unspecified atom stereocenters. The van der Waals surface area contributed by atoms with Gasteiger partial charge in [0.1, 0.15) is 0 Å². The Balaban J connectivity index is 2.68. The van der Waals surface area contributed by atoms with Gasteiger partial charge in [-0.1, -0.05) is 6.08 Å². The predicted octanol–water partition coefficient (Wildman–Crippen LogP) is 1.78. The van der Waals surface area contributed by atoms with Crippen molar-refractivity contribution < 1.29 is 4.74 Å². The van der Waals surface area contributed by atoms with Crippen LogP contribution in [-0.2, 0) is 0 Å². The zero-order chi connectivity index (χ0) is 10.4. The summed E-state index contributed by atoms with van der Waals surface area (Å²) in [4.78, 5) is 8.25. The van der Waals surface area contributed by atoms with Crippen molar-refractivity contribution in [1.82, 2.24) is 9.97 Å². The van der Waals surface area contributed by atoms with E-state index in [1.54, 1.807) is 13.2 Å². The minimum absolute atomic E-state index is 0.573. The summed E-state index contributed by atoms with van der Waals surface area (Å²) >= 11 is 0. The van der Waals surface area contributed by atoms with E-state index in [-0.39, 0.29) is 0 Å². The maximum absolute atomic E-state index is 5.46. The van der Waals surface area contributed by atoms with E-state index in [1.165, 1.54) is 0 Å². The van der Waals surface area contributed by atoms with Crippen LogP contribution < -0.4 is 10.1 Å². The van der Waals surface area contributed by atoms with E-state index in [0.717, 1.165) is 12.0 Å². The molecule has 0 saturated heterocycles. The second-order valence-electron chi connectivity index (χ2n) is 2.86. The molecule has 1 rings (SSSR count). The van der Waals surface area contributed by atoms with Crippen LogP contribution in [0.1, 0.15) is 12.0 Å². The van der Waals surface area contributed by atoms with Crippen molar-refractivity contribution in [3.63, 3.8) is 0 Å². The number of anilines is 1. The fraction of sp³-hybridized carbons (Fsp3) is 0.400. The average Bonchev–Trinajstić information content (AvgIpc) is 2.21. The van der Waals surface area contributed by atoms with Gasteiger partial charge in [-0.25, -0.2) is 4.98 Å². The Morgan fingerprint density at radius 3 is 3.07 bits per heavy atom. The summed E-state index contributed by atoms with van der Waals surface area (Å²) in [6.07, 6.45) is 4.37. The molecule has 0 bridgehead atoms. The largest absolute Gasteiger partial charge is 0.477 e. The number of hydrogen-bond acceptors (Lipinski definition) is 4. The van der Waals surface area contributed by atoms with Crippen LogP contribution in [0.3, 0.4) is 0 Å². The number of ether oxygens (including phenoxy) is 1. The van der Waals surface area contributed by atoms with Gasteiger partial charge in [-0.15, -0.1) is 6.58 Å². The zero-order valence-electron chi connectivity index (χ0n) is 8.58. The highest BCUT2D eigenvalue weighted by Crippen LogP contribution is 2.14. The highest BCUT2D eigenvalue weighted by Gasteiger charge is 2.02. The number of nitrogens with zero attached hydrogens (tertiary/aromatic N) is 2. The summed E-state index contributed by atoms with van der Waals surface area (Å²) in [5, 5.41) is 2.86. The topological polar surface area (TPSA) is 47.0 Å². The maximum Gasteiger partial charge on any atom is 0.225 e. The Kier molecular flexibility index (Phi) is 3.91.